The van der Waals surface area contributed by atoms with E-state index in [9.17, 15) is 0 Å². The minimum absolute atomic E-state index is 0.549. The Kier molecular flexibility index (Phi) is 3.22. The summed E-state index contributed by atoms with van der Waals surface area (Å²) in [6.07, 6.45) is 5.79. The average Bonchev–Trinajstić information content (AvgIpc) is 2.29. The van der Waals surface area contributed by atoms with Gasteiger partial charge in [-0.15, -0.1) is 0 Å². The van der Waals surface area contributed by atoms with Crippen LogP contribution in [0.2, 0.25) is 0 Å². The molecule has 0 aliphatic carbocycles. The fraction of sp³-hybridized carbons (Fsp3) is 0.429. The summed E-state index contributed by atoms with van der Waals surface area (Å²) < 4.78 is 0. The molecule has 1 nitrogen and oxygen atoms in total. The first-order valence-corrected chi connectivity index (χ1v) is 5.78. The number of hydrogen-bond acceptors (Lipinski definition) is 1. The maximum Gasteiger partial charge on any atom is 0.0322 e. The zero-order valence-corrected chi connectivity index (χ0v) is 9.37. The third kappa shape index (κ3) is 2.48. The van der Waals surface area contributed by atoms with E-state index in [1.54, 1.807) is 0 Å². The molecule has 0 spiro atoms. The van der Waals surface area contributed by atoms with E-state index in [1.165, 1.54) is 30.4 Å². The highest BCUT2D eigenvalue weighted by atomic mass is 15.0. The fourth-order valence-electron chi connectivity index (χ4n) is 2.27. The van der Waals surface area contributed by atoms with Crippen LogP contribution in [-0.4, -0.2) is 6.04 Å². The van der Waals surface area contributed by atoms with E-state index < -0.39 is 0 Å². The lowest BCUT2D eigenvalue weighted by atomic mass is 9.94. The van der Waals surface area contributed by atoms with Crippen molar-refractivity contribution in [1.82, 2.24) is 5.32 Å². The van der Waals surface area contributed by atoms with E-state index in [1.807, 2.05) is 6.08 Å². The SMILES string of the molecule is C=Cc1ccc(C2CCCC(C)N2)cc1. The average molecular weight is 201 g/mol. The van der Waals surface area contributed by atoms with Crippen LogP contribution in [0.3, 0.4) is 0 Å². The van der Waals surface area contributed by atoms with Crippen LogP contribution in [0.25, 0.3) is 6.08 Å². The Labute approximate surface area is 92.2 Å². The van der Waals surface area contributed by atoms with Gasteiger partial charge in [0.2, 0.25) is 0 Å². The summed E-state index contributed by atoms with van der Waals surface area (Å²) in [4.78, 5) is 0. The van der Waals surface area contributed by atoms with Crippen molar-refractivity contribution in [2.45, 2.75) is 38.3 Å². The maximum absolute atomic E-state index is 3.77. The fourth-order valence-corrected chi connectivity index (χ4v) is 2.27. The summed E-state index contributed by atoms with van der Waals surface area (Å²) in [6, 6.07) is 9.92. The first-order valence-electron chi connectivity index (χ1n) is 5.78. The molecule has 1 fully saturated rings. The summed E-state index contributed by atoms with van der Waals surface area (Å²) >= 11 is 0. The van der Waals surface area contributed by atoms with E-state index >= 15 is 0 Å². The minimum Gasteiger partial charge on any atom is -0.307 e. The Morgan fingerprint density at radius 3 is 2.60 bits per heavy atom. The molecule has 0 saturated carbocycles. The van der Waals surface area contributed by atoms with Crippen LogP contribution in [0.5, 0.6) is 0 Å². The van der Waals surface area contributed by atoms with Gasteiger partial charge >= 0.3 is 0 Å². The molecule has 0 bridgehead atoms. The lowest BCUT2D eigenvalue weighted by Crippen LogP contribution is -2.34. The molecule has 1 saturated heterocycles. The molecule has 1 aliphatic rings. The first-order chi connectivity index (χ1) is 7.29. The highest BCUT2D eigenvalue weighted by Crippen LogP contribution is 2.25. The predicted octanol–water partition coefficient (Wildman–Crippen LogP) is 3.53. The Balaban J connectivity index is 2.11. The van der Waals surface area contributed by atoms with Crippen molar-refractivity contribution in [1.29, 1.82) is 0 Å². The number of rotatable bonds is 2. The summed E-state index contributed by atoms with van der Waals surface area (Å²) in [5.74, 6) is 0. The van der Waals surface area contributed by atoms with Gasteiger partial charge in [-0.1, -0.05) is 43.3 Å². The summed E-state index contributed by atoms with van der Waals surface area (Å²) in [6.45, 7) is 6.04. The molecule has 0 amide bonds. The Bertz CT molecular complexity index is 326. The van der Waals surface area contributed by atoms with Gasteiger partial charge in [0.05, 0.1) is 0 Å². The van der Waals surface area contributed by atoms with Crippen molar-refractivity contribution >= 4 is 6.08 Å². The van der Waals surface area contributed by atoms with E-state index in [-0.39, 0.29) is 0 Å². The first kappa shape index (κ1) is 10.4. The minimum atomic E-state index is 0.549. The second kappa shape index (κ2) is 4.63. The van der Waals surface area contributed by atoms with Crippen molar-refractivity contribution in [3.63, 3.8) is 0 Å². The van der Waals surface area contributed by atoms with Crippen molar-refractivity contribution in [2.24, 2.45) is 0 Å². The molecule has 2 atom stereocenters. The summed E-state index contributed by atoms with van der Waals surface area (Å²) in [7, 11) is 0. The van der Waals surface area contributed by atoms with Crippen molar-refractivity contribution in [2.75, 3.05) is 0 Å². The maximum atomic E-state index is 3.77. The van der Waals surface area contributed by atoms with Crippen LogP contribution in [0.15, 0.2) is 30.8 Å². The van der Waals surface area contributed by atoms with Gasteiger partial charge in [0.25, 0.3) is 0 Å². The second-order valence-electron chi connectivity index (χ2n) is 4.42. The van der Waals surface area contributed by atoms with Crippen molar-refractivity contribution in [3.8, 4) is 0 Å². The molecule has 80 valence electrons. The molecule has 1 aromatic carbocycles. The smallest absolute Gasteiger partial charge is 0.0322 e. The van der Waals surface area contributed by atoms with Gasteiger partial charge in [-0.3, -0.25) is 0 Å². The Morgan fingerprint density at radius 1 is 1.27 bits per heavy atom. The molecule has 1 aliphatic heterocycles. The number of benzene rings is 1. The van der Waals surface area contributed by atoms with Gasteiger partial charge in [-0.2, -0.15) is 0 Å². The molecule has 15 heavy (non-hydrogen) atoms. The van der Waals surface area contributed by atoms with Gasteiger partial charge in [0.1, 0.15) is 0 Å². The molecule has 1 N–H and O–H groups in total. The molecule has 2 rings (SSSR count). The molecular formula is C14H19N. The molecule has 1 heterocycles. The van der Waals surface area contributed by atoms with Crippen LogP contribution < -0.4 is 5.32 Å². The van der Waals surface area contributed by atoms with Crippen LogP contribution in [-0.2, 0) is 0 Å². The molecule has 0 aromatic heterocycles. The third-order valence-electron chi connectivity index (χ3n) is 3.19. The number of nitrogens with one attached hydrogen (secondary N) is 1. The van der Waals surface area contributed by atoms with Crippen LogP contribution in [0.4, 0.5) is 0 Å². The van der Waals surface area contributed by atoms with E-state index in [0.29, 0.717) is 12.1 Å². The highest BCUT2D eigenvalue weighted by molar-refractivity contribution is 5.47. The van der Waals surface area contributed by atoms with E-state index in [4.69, 9.17) is 0 Å². The van der Waals surface area contributed by atoms with Gasteiger partial charge in [0, 0.05) is 12.1 Å². The quantitative estimate of drug-likeness (QED) is 0.771. The number of piperidine rings is 1. The van der Waals surface area contributed by atoms with Crippen molar-refractivity contribution in [3.05, 3.63) is 42.0 Å². The molecule has 0 radical (unpaired) electrons. The highest BCUT2D eigenvalue weighted by Gasteiger charge is 2.18. The molecule has 1 heteroatoms. The lowest BCUT2D eigenvalue weighted by molar-refractivity contribution is 0.341. The van der Waals surface area contributed by atoms with Gasteiger partial charge in [-0.25, -0.2) is 0 Å². The largest absolute Gasteiger partial charge is 0.307 e. The number of hydrogen-bond donors (Lipinski definition) is 1. The van der Waals surface area contributed by atoms with Crippen LogP contribution >= 0.6 is 0 Å². The molecule has 1 aromatic rings. The van der Waals surface area contributed by atoms with E-state index in [2.05, 4.69) is 43.1 Å². The normalized spacial score (nSPS) is 26.2. The molecular weight excluding hydrogens is 182 g/mol. The van der Waals surface area contributed by atoms with Gasteiger partial charge in [0.15, 0.2) is 0 Å². The zero-order chi connectivity index (χ0) is 10.7. The monoisotopic (exact) mass is 201 g/mol. The van der Waals surface area contributed by atoms with Crippen LogP contribution in [0, 0.1) is 0 Å². The second-order valence-corrected chi connectivity index (χ2v) is 4.42. The summed E-state index contributed by atoms with van der Waals surface area (Å²) in [5, 5.41) is 3.64. The van der Waals surface area contributed by atoms with Gasteiger partial charge < -0.3 is 5.32 Å². The predicted molar refractivity (Wildman–Crippen MR) is 65.7 cm³/mol. The van der Waals surface area contributed by atoms with E-state index in [0.717, 1.165) is 0 Å². The van der Waals surface area contributed by atoms with Crippen molar-refractivity contribution < 1.29 is 0 Å². The summed E-state index contributed by atoms with van der Waals surface area (Å²) in [5.41, 5.74) is 2.61. The molecule has 2 unspecified atom stereocenters. The Morgan fingerprint density at radius 2 is 2.00 bits per heavy atom. The zero-order valence-electron chi connectivity index (χ0n) is 9.37. The lowest BCUT2D eigenvalue weighted by Gasteiger charge is -2.29. The standard InChI is InChI=1S/C14H19N/c1-3-12-7-9-13(10-8-12)14-6-4-5-11(2)15-14/h3,7-11,14-15H,1,4-6H2,2H3. The van der Waals surface area contributed by atoms with Gasteiger partial charge in [-0.05, 0) is 30.9 Å². The third-order valence-corrected chi connectivity index (χ3v) is 3.19. The topological polar surface area (TPSA) is 12.0 Å². The Hall–Kier alpha value is -1.08. The van der Waals surface area contributed by atoms with Crippen LogP contribution in [0.1, 0.15) is 43.4 Å².